The van der Waals surface area contributed by atoms with Gasteiger partial charge in [-0.3, -0.25) is 4.79 Å². The maximum Gasteiger partial charge on any atom is 0.256 e. The first-order valence-electron chi connectivity index (χ1n) is 9.84. The summed E-state index contributed by atoms with van der Waals surface area (Å²) in [5, 5.41) is 24.4. The third-order valence-corrected chi connectivity index (χ3v) is 5.51. The largest absolute Gasteiger partial charge is 0.365 e. The van der Waals surface area contributed by atoms with Crippen molar-refractivity contribution < 1.29 is 4.79 Å². The molecule has 1 aliphatic rings. The number of nitrogens with zero attached hydrogens (tertiary/aromatic N) is 7. The average Bonchev–Trinajstić information content (AvgIpc) is 3.31. The van der Waals surface area contributed by atoms with E-state index in [1.165, 1.54) is 11.1 Å². The van der Waals surface area contributed by atoms with Gasteiger partial charge in [0.2, 0.25) is 0 Å². The van der Waals surface area contributed by atoms with E-state index in [-0.39, 0.29) is 18.0 Å². The lowest BCUT2D eigenvalue weighted by atomic mass is 9.97. The minimum Gasteiger partial charge on any atom is -0.365 e. The Morgan fingerprint density at radius 1 is 1.27 bits per heavy atom. The lowest BCUT2D eigenvalue weighted by Gasteiger charge is -2.39. The normalized spacial score (nSPS) is 18.6. The first-order chi connectivity index (χ1) is 14.6. The van der Waals surface area contributed by atoms with Crippen LogP contribution in [0.4, 0.5) is 5.82 Å². The van der Waals surface area contributed by atoms with Crippen LogP contribution < -0.4 is 5.32 Å². The molecule has 1 amide bonds. The zero-order valence-corrected chi connectivity index (χ0v) is 16.9. The minimum absolute atomic E-state index is 0.0435. The van der Waals surface area contributed by atoms with Crippen LogP contribution in [0.25, 0.3) is 5.69 Å². The van der Waals surface area contributed by atoms with Crippen molar-refractivity contribution in [2.75, 3.05) is 11.9 Å². The summed E-state index contributed by atoms with van der Waals surface area (Å²) in [6, 6.07) is 11.3. The number of anilines is 1. The molecule has 1 saturated heterocycles. The van der Waals surface area contributed by atoms with Crippen molar-refractivity contribution in [3.05, 3.63) is 59.5 Å². The van der Waals surface area contributed by atoms with Gasteiger partial charge in [-0.25, -0.2) is 4.98 Å². The summed E-state index contributed by atoms with van der Waals surface area (Å²) in [4.78, 5) is 21.1. The fourth-order valence-electron chi connectivity index (χ4n) is 3.76. The molecule has 3 aromatic rings. The second kappa shape index (κ2) is 8.29. The summed E-state index contributed by atoms with van der Waals surface area (Å²) in [5.41, 5.74) is 2.54. The van der Waals surface area contributed by atoms with Gasteiger partial charge >= 0.3 is 0 Å². The van der Waals surface area contributed by atoms with Crippen LogP contribution in [0.3, 0.4) is 0 Å². The van der Waals surface area contributed by atoms with E-state index in [0.717, 1.165) is 18.4 Å². The van der Waals surface area contributed by atoms with Crippen LogP contribution in [0.1, 0.15) is 41.3 Å². The molecule has 0 unspecified atom stereocenters. The number of pyridine rings is 1. The van der Waals surface area contributed by atoms with Crippen molar-refractivity contribution in [3.63, 3.8) is 0 Å². The molecule has 2 atom stereocenters. The molecule has 0 aliphatic carbocycles. The summed E-state index contributed by atoms with van der Waals surface area (Å²) >= 11 is 0. The zero-order chi connectivity index (χ0) is 21.1. The van der Waals surface area contributed by atoms with Gasteiger partial charge in [-0.2, -0.15) is 5.26 Å². The Labute approximate surface area is 174 Å². The van der Waals surface area contributed by atoms with Crippen molar-refractivity contribution in [2.24, 2.45) is 0 Å². The number of piperidine rings is 1. The number of carbonyl (C=O) groups is 1. The Balaban J connectivity index is 1.57. The molecule has 1 aromatic carbocycles. The number of carbonyl (C=O) groups excluding carboxylic acids is 1. The number of hydrogen-bond donors (Lipinski definition) is 1. The number of aromatic nitrogens is 5. The molecule has 0 spiro atoms. The number of benzene rings is 1. The van der Waals surface area contributed by atoms with Crippen molar-refractivity contribution in [2.45, 2.75) is 38.8 Å². The third-order valence-electron chi connectivity index (χ3n) is 5.51. The number of rotatable bonds is 4. The molecule has 152 valence electrons. The average molecular weight is 402 g/mol. The van der Waals surface area contributed by atoms with Crippen LogP contribution in [0.5, 0.6) is 0 Å². The van der Waals surface area contributed by atoms with Crippen molar-refractivity contribution >= 4 is 11.7 Å². The molecule has 1 N–H and O–H groups in total. The number of para-hydroxylation sites is 1. The van der Waals surface area contributed by atoms with E-state index < -0.39 is 0 Å². The van der Waals surface area contributed by atoms with E-state index >= 15 is 0 Å². The third kappa shape index (κ3) is 3.72. The molecular formula is C21H22N8O. The Morgan fingerprint density at radius 3 is 2.87 bits per heavy atom. The predicted molar refractivity (Wildman–Crippen MR) is 110 cm³/mol. The van der Waals surface area contributed by atoms with E-state index in [9.17, 15) is 10.1 Å². The lowest BCUT2D eigenvalue weighted by molar-refractivity contribution is 0.0621. The van der Waals surface area contributed by atoms with E-state index in [0.29, 0.717) is 29.2 Å². The first-order valence-corrected chi connectivity index (χ1v) is 9.84. The Hall–Kier alpha value is -3.80. The number of nitriles is 1. The van der Waals surface area contributed by atoms with Gasteiger partial charge in [0.05, 0.1) is 17.2 Å². The fourth-order valence-corrected chi connectivity index (χ4v) is 3.76. The minimum atomic E-state index is -0.0719. The Morgan fingerprint density at radius 2 is 2.10 bits per heavy atom. The van der Waals surface area contributed by atoms with Crippen LogP contribution in [0, 0.1) is 18.3 Å². The molecular weight excluding hydrogens is 380 g/mol. The summed E-state index contributed by atoms with van der Waals surface area (Å²) in [6.45, 7) is 4.48. The SMILES string of the molecule is Cc1c(C#N)ccnc1N[C@@H]1CC[C@@H](C)N(C(=O)c2ccccc2-n2ncnn2)C1. The Bertz CT molecular complexity index is 1090. The highest BCUT2D eigenvalue weighted by molar-refractivity contribution is 5.98. The van der Waals surface area contributed by atoms with Gasteiger partial charge in [-0.15, -0.1) is 15.0 Å². The van der Waals surface area contributed by atoms with Gasteiger partial charge in [0, 0.05) is 30.4 Å². The molecule has 4 rings (SSSR count). The van der Waals surface area contributed by atoms with Gasteiger partial charge < -0.3 is 10.2 Å². The predicted octanol–water partition coefficient (Wildman–Crippen LogP) is 2.34. The smallest absolute Gasteiger partial charge is 0.256 e. The fraction of sp³-hybridized carbons (Fsp3) is 0.333. The summed E-state index contributed by atoms with van der Waals surface area (Å²) < 4.78 is 0. The van der Waals surface area contributed by atoms with Gasteiger partial charge in [0.15, 0.2) is 6.33 Å². The zero-order valence-electron chi connectivity index (χ0n) is 16.9. The van der Waals surface area contributed by atoms with Crippen molar-refractivity contribution in [1.82, 2.24) is 30.1 Å². The first kappa shape index (κ1) is 19.5. The van der Waals surface area contributed by atoms with Crippen LogP contribution >= 0.6 is 0 Å². The van der Waals surface area contributed by atoms with Crippen molar-refractivity contribution in [3.8, 4) is 11.8 Å². The number of likely N-dealkylation sites (tertiary alicyclic amines) is 1. The molecule has 1 aliphatic heterocycles. The highest BCUT2D eigenvalue weighted by Crippen LogP contribution is 2.25. The maximum absolute atomic E-state index is 13.4. The molecule has 9 heteroatoms. The summed E-state index contributed by atoms with van der Waals surface area (Å²) in [6.07, 6.45) is 4.75. The van der Waals surface area contributed by atoms with Crippen LogP contribution in [-0.4, -0.2) is 54.6 Å². The molecule has 3 heterocycles. The second-order valence-electron chi connectivity index (χ2n) is 7.41. The van der Waals surface area contributed by atoms with Crippen LogP contribution in [0.15, 0.2) is 42.9 Å². The topological polar surface area (TPSA) is 113 Å². The quantitative estimate of drug-likeness (QED) is 0.713. The van der Waals surface area contributed by atoms with Gasteiger partial charge in [-0.1, -0.05) is 12.1 Å². The van der Waals surface area contributed by atoms with Gasteiger partial charge in [0.1, 0.15) is 11.5 Å². The molecule has 2 aromatic heterocycles. The number of hydrogen-bond acceptors (Lipinski definition) is 7. The number of nitrogens with one attached hydrogen (secondary N) is 1. The molecule has 0 bridgehead atoms. The standard InChI is InChI=1S/C21H22N8O/c1-14-7-8-17(26-20-15(2)16(11-22)9-10-23-20)12-28(14)21(30)18-5-3-4-6-19(18)29-25-13-24-27-29/h3-6,9-10,13-14,17H,7-8,12H2,1-2H3,(H,23,26)/t14-,17-/m1/s1. The molecule has 9 nitrogen and oxygen atoms in total. The molecule has 0 radical (unpaired) electrons. The van der Waals surface area contributed by atoms with Crippen LogP contribution in [-0.2, 0) is 0 Å². The van der Waals surface area contributed by atoms with E-state index in [1.54, 1.807) is 24.4 Å². The second-order valence-corrected chi connectivity index (χ2v) is 7.41. The lowest BCUT2D eigenvalue weighted by Crippen LogP contribution is -2.50. The van der Waals surface area contributed by atoms with E-state index in [1.807, 2.05) is 24.0 Å². The van der Waals surface area contributed by atoms with Gasteiger partial charge in [0.25, 0.3) is 5.91 Å². The number of amides is 1. The van der Waals surface area contributed by atoms with Crippen molar-refractivity contribution in [1.29, 1.82) is 5.26 Å². The van der Waals surface area contributed by atoms with E-state index in [4.69, 9.17) is 0 Å². The monoisotopic (exact) mass is 402 g/mol. The molecule has 1 fully saturated rings. The maximum atomic E-state index is 13.4. The highest BCUT2D eigenvalue weighted by Gasteiger charge is 2.31. The number of tetrazole rings is 1. The van der Waals surface area contributed by atoms with E-state index in [2.05, 4.69) is 38.7 Å². The van der Waals surface area contributed by atoms with Crippen LogP contribution in [0.2, 0.25) is 0 Å². The molecule has 30 heavy (non-hydrogen) atoms. The molecule has 0 saturated carbocycles. The summed E-state index contributed by atoms with van der Waals surface area (Å²) in [5.74, 6) is 0.616. The Kier molecular flexibility index (Phi) is 5.39. The summed E-state index contributed by atoms with van der Waals surface area (Å²) in [7, 11) is 0. The van der Waals surface area contributed by atoms with Gasteiger partial charge in [-0.05, 0) is 50.1 Å². The highest BCUT2D eigenvalue weighted by atomic mass is 16.2.